The third kappa shape index (κ3) is 2.30. The van der Waals surface area contributed by atoms with Gasteiger partial charge in [0.15, 0.2) is 5.60 Å². The van der Waals surface area contributed by atoms with Crippen molar-refractivity contribution in [2.24, 2.45) is 0 Å². The predicted octanol–water partition coefficient (Wildman–Crippen LogP) is 4.06. The van der Waals surface area contributed by atoms with Gasteiger partial charge in [0, 0.05) is 0 Å². The predicted molar refractivity (Wildman–Crippen MR) is 72.5 cm³/mol. The second-order valence-corrected chi connectivity index (χ2v) is 4.86. The van der Waals surface area contributed by atoms with Crippen LogP contribution in [0.15, 0.2) is 48.5 Å². The van der Waals surface area contributed by atoms with Crippen LogP contribution in [0.1, 0.15) is 29.2 Å². The van der Waals surface area contributed by atoms with Gasteiger partial charge in [0.25, 0.3) is 0 Å². The number of rotatable bonds is 3. The molecule has 0 aromatic heterocycles. The highest BCUT2D eigenvalue weighted by Gasteiger charge is 2.30. The van der Waals surface area contributed by atoms with Crippen molar-refractivity contribution in [2.45, 2.75) is 26.4 Å². The third-order valence-electron chi connectivity index (χ3n) is 3.39. The number of hydrogen-bond acceptors (Lipinski definition) is 2. The van der Waals surface area contributed by atoms with E-state index in [1.807, 2.05) is 69.3 Å². The maximum absolute atomic E-state index is 9.33. The largest absolute Gasteiger partial charge is 0.251 e. The molecule has 0 aliphatic rings. The van der Waals surface area contributed by atoms with E-state index >= 15 is 0 Å². The molecule has 0 aliphatic carbocycles. The van der Waals surface area contributed by atoms with Crippen molar-refractivity contribution in [2.75, 3.05) is 0 Å². The van der Waals surface area contributed by atoms with Crippen molar-refractivity contribution in [3.8, 4) is 0 Å². The highest BCUT2D eigenvalue weighted by molar-refractivity contribution is 5.37. The van der Waals surface area contributed by atoms with Crippen molar-refractivity contribution in [3.63, 3.8) is 0 Å². The summed E-state index contributed by atoms with van der Waals surface area (Å²) >= 11 is 0. The van der Waals surface area contributed by atoms with Gasteiger partial charge in [-0.2, -0.15) is 0 Å². The number of benzene rings is 2. The normalized spacial score (nSPS) is 11.6. The van der Waals surface area contributed by atoms with Crippen LogP contribution in [0.4, 0.5) is 0 Å². The van der Waals surface area contributed by atoms with E-state index in [2.05, 4.69) is 0 Å². The highest BCUT2D eigenvalue weighted by atomic mass is 17.1. The zero-order valence-corrected chi connectivity index (χ0v) is 11.0. The molecule has 2 aromatic carbocycles. The molecular formula is C16H18O2. The molecule has 0 radical (unpaired) electrons. The van der Waals surface area contributed by atoms with Gasteiger partial charge in [0.1, 0.15) is 0 Å². The topological polar surface area (TPSA) is 29.5 Å². The summed E-state index contributed by atoms with van der Waals surface area (Å²) in [5.74, 6) is 0. The Balaban J connectivity index is 2.47. The lowest BCUT2D eigenvalue weighted by atomic mass is 9.87. The third-order valence-corrected chi connectivity index (χ3v) is 3.39. The molecule has 94 valence electrons. The SMILES string of the molecule is Cc1ccc(C(C)(OO)c2ccc(C)cc2)cc1. The van der Waals surface area contributed by atoms with Gasteiger partial charge in [0.2, 0.25) is 0 Å². The molecule has 0 aliphatic heterocycles. The summed E-state index contributed by atoms with van der Waals surface area (Å²) in [6, 6.07) is 16.0. The number of aryl methyl sites for hydroxylation is 2. The van der Waals surface area contributed by atoms with Crippen molar-refractivity contribution in [1.82, 2.24) is 0 Å². The monoisotopic (exact) mass is 242 g/mol. The maximum atomic E-state index is 9.33. The van der Waals surface area contributed by atoms with Crippen molar-refractivity contribution >= 4 is 0 Å². The Hall–Kier alpha value is -1.64. The van der Waals surface area contributed by atoms with Crippen LogP contribution in [0.25, 0.3) is 0 Å². The Morgan fingerprint density at radius 2 is 1.11 bits per heavy atom. The first-order valence-electron chi connectivity index (χ1n) is 6.03. The first-order chi connectivity index (χ1) is 8.56. The molecule has 2 rings (SSSR count). The Kier molecular flexibility index (Phi) is 3.50. The van der Waals surface area contributed by atoms with Gasteiger partial charge < -0.3 is 0 Å². The molecule has 18 heavy (non-hydrogen) atoms. The van der Waals surface area contributed by atoms with Crippen molar-refractivity contribution < 1.29 is 10.1 Å². The van der Waals surface area contributed by atoms with Crippen LogP contribution in [0.5, 0.6) is 0 Å². The van der Waals surface area contributed by atoms with Crippen LogP contribution in [-0.2, 0) is 10.5 Å². The second kappa shape index (κ2) is 4.92. The lowest BCUT2D eigenvalue weighted by Gasteiger charge is -2.27. The first-order valence-corrected chi connectivity index (χ1v) is 6.03. The summed E-state index contributed by atoms with van der Waals surface area (Å²) in [5.41, 5.74) is 3.39. The molecule has 0 bridgehead atoms. The molecule has 0 unspecified atom stereocenters. The standard InChI is InChI=1S/C16H18O2/c1-12-4-8-14(9-5-12)16(3,18-17)15-10-6-13(2)7-11-15/h4-11,17H,1-3H3. The minimum Gasteiger partial charge on any atom is -0.251 e. The van der Waals surface area contributed by atoms with Crippen LogP contribution < -0.4 is 0 Å². The molecule has 0 saturated heterocycles. The molecule has 0 heterocycles. The fraction of sp³-hybridized carbons (Fsp3) is 0.250. The maximum Gasteiger partial charge on any atom is 0.150 e. The fourth-order valence-corrected chi connectivity index (χ4v) is 2.02. The summed E-state index contributed by atoms with van der Waals surface area (Å²) in [4.78, 5) is 4.79. The number of hydrogen-bond donors (Lipinski definition) is 1. The Morgan fingerprint density at radius 1 is 0.778 bits per heavy atom. The summed E-state index contributed by atoms with van der Waals surface area (Å²) in [7, 11) is 0. The average Bonchev–Trinajstić information content (AvgIpc) is 2.39. The summed E-state index contributed by atoms with van der Waals surface area (Å²) in [5, 5.41) is 9.33. The van der Waals surface area contributed by atoms with Gasteiger partial charge in [0.05, 0.1) is 0 Å². The summed E-state index contributed by atoms with van der Waals surface area (Å²) in [6.45, 7) is 5.93. The van der Waals surface area contributed by atoms with Crippen LogP contribution in [0.3, 0.4) is 0 Å². The lowest BCUT2D eigenvalue weighted by Crippen LogP contribution is -2.26. The Labute approximate surface area is 108 Å². The van der Waals surface area contributed by atoms with Crippen LogP contribution >= 0.6 is 0 Å². The quantitative estimate of drug-likeness (QED) is 0.649. The van der Waals surface area contributed by atoms with E-state index in [0.717, 1.165) is 11.1 Å². The molecule has 0 saturated carbocycles. The van der Waals surface area contributed by atoms with E-state index in [4.69, 9.17) is 4.89 Å². The molecule has 0 spiro atoms. The molecule has 0 amide bonds. The Morgan fingerprint density at radius 3 is 1.39 bits per heavy atom. The molecule has 0 atom stereocenters. The van der Waals surface area contributed by atoms with Gasteiger partial charge in [-0.3, -0.25) is 5.26 Å². The molecule has 1 N–H and O–H groups in total. The van der Waals surface area contributed by atoms with Crippen molar-refractivity contribution in [3.05, 3.63) is 70.8 Å². The van der Waals surface area contributed by atoms with Gasteiger partial charge in [-0.05, 0) is 31.9 Å². The van der Waals surface area contributed by atoms with Gasteiger partial charge >= 0.3 is 0 Å². The highest BCUT2D eigenvalue weighted by Crippen LogP contribution is 2.32. The van der Waals surface area contributed by atoms with Gasteiger partial charge in [-0.25, -0.2) is 4.89 Å². The van der Waals surface area contributed by atoms with E-state index in [1.165, 1.54) is 11.1 Å². The molecule has 2 heteroatoms. The first kappa shape index (κ1) is 12.8. The van der Waals surface area contributed by atoms with E-state index < -0.39 is 5.60 Å². The lowest BCUT2D eigenvalue weighted by molar-refractivity contribution is -0.310. The van der Waals surface area contributed by atoms with E-state index in [9.17, 15) is 5.26 Å². The summed E-state index contributed by atoms with van der Waals surface area (Å²) < 4.78 is 0. The van der Waals surface area contributed by atoms with Crippen molar-refractivity contribution in [1.29, 1.82) is 0 Å². The zero-order chi connectivity index (χ0) is 13.2. The van der Waals surface area contributed by atoms with E-state index in [0.29, 0.717) is 0 Å². The minimum atomic E-state index is -0.832. The van der Waals surface area contributed by atoms with Crippen LogP contribution in [0.2, 0.25) is 0 Å². The summed E-state index contributed by atoms with van der Waals surface area (Å²) in [6.07, 6.45) is 0. The van der Waals surface area contributed by atoms with Crippen LogP contribution in [-0.4, -0.2) is 5.26 Å². The molecule has 0 fully saturated rings. The Bertz CT molecular complexity index is 466. The molecule has 2 nitrogen and oxygen atoms in total. The van der Waals surface area contributed by atoms with Gasteiger partial charge in [-0.1, -0.05) is 59.7 Å². The minimum absolute atomic E-state index is 0.832. The zero-order valence-electron chi connectivity index (χ0n) is 11.0. The fourth-order valence-electron chi connectivity index (χ4n) is 2.02. The van der Waals surface area contributed by atoms with E-state index in [-0.39, 0.29) is 0 Å². The van der Waals surface area contributed by atoms with Crippen LogP contribution in [0, 0.1) is 13.8 Å². The average molecular weight is 242 g/mol. The van der Waals surface area contributed by atoms with Gasteiger partial charge in [-0.15, -0.1) is 0 Å². The van der Waals surface area contributed by atoms with E-state index in [1.54, 1.807) is 0 Å². The smallest absolute Gasteiger partial charge is 0.150 e. The second-order valence-electron chi connectivity index (χ2n) is 4.86. The molecule has 2 aromatic rings. The molecular weight excluding hydrogens is 224 g/mol.